The maximum atomic E-state index is 13.3. The quantitative estimate of drug-likeness (QED) is 0.615. The van der Waals surface area contributed by atoms with Gasteiger partial charge >= 0.3 is 0 Å². The van der Waals surface area contributed by atoms with Gasteiger partial charge in [0.15, 0.2) is 11.0 Å². The van der Waals surface area contributed by atoms with Gasteiger partial charge in [-0.2, -0.15) is 0 Å². The third kappa shape index (κ3) is 3.70. The zero-order chi connectivity index (χ0) is 19.5. The lowest BCUT2D eigenvalue weighted by molar-refractivity contribution is -0.134. The minimum Gasteiger partial charge on any atom is -0.469 e. The van der Waals surface area contributed by atoms with Crippen LogP contribution in [0.1, 0.15) is 16.6 Å². The lowest BCUT2D eigenvalue weighted by atomic mass is 10.1. The van der Waals surface area contributed by atoms with E-state index in [2.05, 4.69) is 10.2 Å². The summed E-state index contributed by atoms with van der Waals surface area (Å²) in [6, 6.07) is 11.7. The largest absolute Gasteiger partial charge is 0.469 e. The van der Waals surface area contributed by atoms with Gasteiger partial charge in [0, 0.05) is 20.1 Å². The fourth-order valence-corrected chi connectivity index (χ4v) is 4.30. The molecule has 4 rings (SSSR count). The summed E-state index contributed by atoms with van der Waals surface area (Å²) in [5.41, 5.74) is 1.85. The van der Waals surface area contributed by atoms with Crippen LogP contribution in [0.2, 0.25) is 0 Å². The third-order valence-electron chi connectivity index (χ3n) is 4.81. The predicted molar refractivity (Wildman–Crippen MR) is 106 cm³/mol. The highest BCUT2D eigenvalue weighted by molar-refractivity contribution is 8.00. The standard InChI is InChI=1S/C20H22N4O3S/c1-14-16(8-11-27-14)18-21-22-20(23(18)2)28-17(15-6-4-3-5-7-15)19(25)24-9-12-26-13-10-24/h3-8,11,17H,9-10,12-13H2,1-2H3. The number of morpholine rings is 1. The summed E-state index contributed by atoms with van der Waals surface area (Å²) >= 11 is 1.42. The van der Waals surface area contributed by atoms with Crippen molar-refractivity contribution in [2.75, 3.05) is 26.3 Å². The molecule has 0 N–H and O–H groups in total. The van der Waals surface area contributed by atoms with E-state index in [4.69, 9.17) is 9.15 Å². The smallest absolute Gasteiger partial charge is 0.240 e. The number of aryl methyl sites for hydroxylation is 1. The van der Waals surface area contributed by atoms with Gasteiger partial charge in [-0.25, -0.2) is 0 Å². The van der Waals surface area contributed by atoms with Crippen LogP contribution < -0.4 is 0 Å². The monoisotopic (exact) mass is 398 g/mol. The van der Waals surface area contributed by atoms with E-state index in [0.29, 0.717) is 31.5 Å². The van der Waals surface area contributed by atoms with Crippen LogP contribution in [-0.2, 0) is 16.6 Å². The summed E-state index contributed by atoms with van der Waals surface area (Å²) in [6.45, 7) is 4.27. The first-order valence-electron chi connectivity index (χ1n) is 9.17. The van der Waals surface area contributed by atoms with Gasteiger partial charge in [0.2, 0.25) is 5.91 Å². The molecule has 3 aromatic rings. The molecule has 7 nitrogen and oxygen atoms in total. The highest BCUT2D eigenvalue weighted by atomic mass is 32.2. The van der Waals surface area contributed by atoms with Crippen molar-refractivity contribution in [3.63, 3.8) is 0 Å². The van der Waals surface area contributed by atoms with Gasteiger partial charge < -0.3 is 18.6 Å². The summed E-state index contributed by atoms with van der Waals surface area (Å²) in [5, 5.41) is 8.97. The minimum atomic E-state index is -0.388. The first-order valence-corrected chi connectivity index (χ1v) is 10.0. The van der Waals surface area contributed by atoms with Gasteiger partial charge in [0.05, 0.1) is 25.0 Å². The molecule has 0 bridgehead atoms. The molecule has 0 radical (unpaired) electrons. The summed E-state index contributed by atoms with van der Waals surface area (Å²) in [4.78, 5) is 15.1. The Balaban J connectivity index is 1.64. The van der Waals surface area contributed by atoms with Crippen LogP contribution in [0.3, 0.4) is 0 Å². The van der Waals surface area contributed by atoms with Gasteiger partial charge in [-0.05, 0) is 18.6 Å². The van der Waals surface area contributed by atoms with Crippen molar-refractivity contribution in [1.29, 1.82) is 0 Å². The predicted octanol–water partition coefficient (Wildman–Crippen LogP) is 3.08. The van der Waals surface area contributed by atoms with E-state index in [-0.39, 0.29) is 11.2 Å². The second-order valence-electron chi connectivity index (χ2n) is 6.60. The fraction of sp³-hybridized carbons (Fsp3) is 0.350. The van der Waals surface area contributed by atoms with Gasteiger partial charge in [-0.3, -0.25) is 4.79 Å². The Hall–Kier alpha value is -2.58. The normalized spacial score (nSPS) is 15.6. The van der Waals surface area contributed by atoms with Crippen molar-refractivity contribution >= 4 is 17.7 Å². The van der Waals surface area contributed by atoms with E-state index >= 15 is 0 Å². The highest BCUT2D eigenvalue weighted by Crippen LogP contribution is 2.37. The average molecular weight is 398 g/mol. The molecule has 8 heteroatoms. The van der Waals surface area contributed by atoms with Crippen LogP contribution in [-0.4, -0.2) is 51.9 Å². The molecule has 0 spiro atoms. The molecule has 3 heterocycles. The highest BCUT2D eigenvalue weighted by Gasteiger charge is 2.30. The number of aromatic nitrogens is 3. The van der Waals surface area contributed by atoms with Crippen molar-refractivity contribution in [2.24, 2.45) is 7.05 Å². The van der Waals surface area contributed by atoms with Crippen molar-refractivity contribution in [3.05, 3.63) is 54.0 Å². The third-order valence-corrected chi connectivity index (χ3v) is 6.08. The molecule has 146 valence electrons. The minimum absolute atomic E-state index is 0.0727. The van der Waals surface area contributed by atoms with Crippen LogP contribution in [0.25, 0.3) is 11.4 Å². The number of furan rings is 1. The second kappa shape index (κ2) is 8.20. The van der Waals surface area contributed by atoms with Crippen LogP contribution in [0.4, 0.5) is 0 Å². The molecule has 0 aliphatic carbocycles. The number of nitrogens with zero attached hydrogens (tertiary/aromatic N) is 4. The summed E-state index contributed by atoms with van der Waals surface area (Å²) in [5.74, 6) is 1.58. The van der Waals surface area contributed by atoms with Gasteiger partial charge in [-0.15, -0.1) is 10.2 Å². The topological polar surface area (TPSA) is 73.4 Å². The Morgan fingerprint density at radius 3 is 2.57 bits per heavy atom. The molecule has 1 unspecified atom stereocenters. The number of carbonyl (C=O) groups is 1. The zero-order valence-corrected chi connectivity index (χ0v) is 16.7. The van der Waals surface area contributed by atoms with E-state index in [1.165, 1.54) is 11.8 Å². The first-order chi connectivity index (χ1) is 13.6. The second-order valence-corrected chi connectivity index (χ2v) is 7.67. The van der Waals surface area contributed by atoms with Gasteiger partial charge in [-0.1, -0.05) is 42.1 Å². The molecule has 1 saturated heterocycles. The summed E-state index contributed by atoms with van der Waals surface area (Å²) in [6.07, 6.45) is 1.64. The molecule has 1 amide bonds. The number of carbonyl (C=O) groups excluding carboxylic acids is 1. The lowest BCUT2D eigenvalue weighted by Gasteiger charge is -2.30. The van der Waals surface area contributed by atoms with E-state index in [9.17, 15) is 4.79 Å². The van der Waals surface area contributed by atoms with Crippen LogP contribution in [0.15, 0.2) is 52.2 Å². The average Bonchev–Trinajstić information content (AvgIpc) is 3.32. The number of benzene rings is 1. The molecule has 0 saturated carbocycles. The number of amides is 1. The number of hydrogen-bond acceptors (Lipinski definition) is 6. The van der Waals surface area contributed by atoms with Crippen molar-refractivity contribution in [2.45, 2.75) is 17.3 Å². The molecular formula is C20H22N4O3S. The van der Waals surface area contributed by atoms with Crippen molar-refractivity contribution in [1.82, 2.24) is 19.7 Å². The summed E-state index contributed by atoms with van der Waals surface area (Å²) in [7, 11) is 1.91. The van der Waals surface area contributed by atoms with Crippen LogP contribution in [0.5, 0.6) is 0 Å². The SMILES string of the molecule is Cc1occc1-c1nnc(SC(C(=O)N2CCOCC2)c2ccccc2)n1C. The van der Waals surface area contributed by atoms with Gasteiger partial charge in [0.25, 0.3) is 0 Å². The van der Waals surface area contributed by atoms with Crippen molar-refractivity contribution < 1.29 is 13.9 Å². The zero-order valence-electron chi connectivity index (χ0n) is 15.9. The molecule has 1 aromatic carbocycles. The molecule has 28 heavy (non-hydrogen) atoms. The Labute approximate surface area is 167 Å². The van der Waals surface area contributed by atoms with E-state index < -0.39 is 0 Å². The molecular weight excluding hydrogens is 376 g/mol. The Morgan fingerprint density at radius 1 is 1.14 bits per heavy atom. The van der Waals surface area contributed by atoms with Crippen molar-refractivity contribution in [3.8, 4) is 11.4 Å². The molecule has 1 aliphatic heterocycles. The molecule has 2 aromatic heterocycles. The molecule has 1 aliphatic rings. The number of thioether (sulfide) groups is 1. The van der Waals surface area contributed by atoms with Crippen LogP contribution >= 0.6 is 11.8 Å². The fourth-order valence-electron chi connectivity index (χ4n) is 3.21. The Bertz CT molecular complexity index is 948. The lowest BCUT2D eigenvalue weighted by Crippen LogP contribution is -2.42. The molecule has 1 fully saturated rings. The van der Waals surface area contributed by atoms with E-state index in [0.717, 1.165) is 22.7 Å². The van der Waals surface area contributed by atoms with Crippen LogP contribution in [0, 0.1) is 6.92 Å². The number of rotatable bonds is 5. The van der Waals surface area contributed by atoms with Gasteiger partial charge in [0.1, 0.15) is 11.0 Å². The Morgan fingerprint density at radius 2 is 1.89 bits per heavy atom. The summed E-state index contributed by atoms with van der Waals surface area (Å²) < 4.78 is 12.7. The first kappa shape index (κ1) is 18.8. The maximum absolute atomic E-state index is 13.3. The molecule has 1 atom stereocenters. The number of ether oxygens (including phenoxy) is 1. The van der Waals surface area contributed by atoms with E-state index in [1.807, 2.05) is 59.8 Å². The van der Waals surface area contributed by atoms with E-state index in [1.54, 1.807) is 6.26 Å². The maximum Gasteiger partial charge on any atom is 0.240 e. The number of hydrogen-bond donors (Lipinski definition) is 0. The Kier molecular flexibility index (Phi) is 5.50.